The first kappa shape index (κ1) is 24.5. The molecule has 0 unspecified atom stereocenters. The van der Waals surface area contributed by atoms with Gasteiger partial charge in [0.15, 0.2) is 17.5 Å². The molecule has 0 aliphatic heterocycles. The number of rotatable bonds is 7. The molecule has 0 spiro atoms. The summed E-state index contributed by atoms with van der Waals surface area (Å²) in [5, 5.41) is 4.04. The highest BCUT2D eigenvalue weighted by molar-refractivity contribution is 7.26. The van der Waals surface area contributed by atoms with Crippen LogP contribution in [0.25, 0.3) is 85.6 Å². The van der Waals surface area contributed by atoms with Gasteiger partial charge in [-0.3, -0.25) is 0 Å². The van der Waals surface area contributed by atoms with Crippen LogP contribution in [0.1, 0.15) is 13.7 Å². The van der Waals surface area contributed by atoms with E-state index in [1.54, 1.807) is 28.7 Å². The molecule has 4 nitrogen and oxygen atoms in total. The first-order chi connectivity index (χ1) is 32.4. The van der Waals surface area contributed by atoms with Crippen LogP contribution in [0.5, 0.6) is 0 Å². The quantitative estimate of drug-likeness (QED) is 0.162. The largest absolute Gasteiger partial charge is 0.310 e. The smallest absolute Gasteiger partial charge is 0.164 e. The van der Waals surface area contributed by atoms with Crippen molar-refractivity contribution in [3.8, 4) is 45.3 Å². The molecule has 0 aliphatic rings. The minimum Gasteiger partial charge on any atom is -0.310 e. The Kier molecular flexibility index (Phi) is 6.00. The van der Waals surface area contributed by atoms with Crippen LogP contribution in [0.4, 0.5) is 17.1 Å². The minimum atomic E-state index is -0.603. The van der Waals surface area contributed by atoms with Gasteiger partial charge in [-0.1, -0.05) is 145 Å². The monoisotopic (exact) mass is 774 g/mol. The second kappa shape index (κ2) is 13.9. The Morgan fingerprint density at radius 1 is 0.386 bits per heavy atom. The summed E-state index contributed by atoms with van der Waals surface area (Å²) in [6.45, 7) is 0. The SMILES string of the molecule is [2H]c1c([2H])c([2H])c(-c2nc(-c3c([2H])c([2H])c([2H])c([2H])c3[2H])nc(-c3cccc4sc5cc(N(c6cccc(-c7ccccc7)c6)c6ccc7c(c6)sc6ccccc67)ccc5c34)n2)c([2H])c1[2H]. The molecule has 0 bridgehead atoms. The van der Waals surface area contributed by atoms with Crippen molar-refractivity contribution in [1.82, 2.24) is 15.0 Å². The number of benzene rings is 8. The lowest BCUT2D eigenvalue weighted by Gasteiger charge is -2.26. The standard InChI is InChI=1S/C51H32N4S2/c1-4-14-33(15-5-1)36-20-12-21-37(30-36)55(38-26-28-41-40-22-10-11-24-44(40)56-46(41)31-38)39-27-29-42-47(32-39)57-45-25-13-23-43(48(42)45)51-53-49(34-16-6-2-7-17-34)52-50(54-51)35-18-8-3-9-19-35/h1-32H/i2D,3D,6D,7D,8D,9D,16D,17D,18D,19D. The van der Waals surface area contributed by atoms with E-state index in [0.29, 0.717) is 5.56 Å². The summed E-state index contributed by atoms with van der Waals surface area (Å²) in [6, 6.07) is 39.8. The van der Waals surface area contributed by atoms with E-state index in [2.05, 4.69) is 101 Å². The maximum absolute atomic E-state index is 8.78. The Labute approximate surface area is 351 Å². The predicted molar refractivity (Wildman–Crippen MR) is 242 cm³/mol. The lowest BCUT2D eigenvalue weighted by atomic mass is 10.0. The van der Waals surface area contributed by atoms with Crippen molar-refractivity contribution in [2.45, 2.75) is 0 Å². The lowest BCUT2D eigenvalue weighted by molar-refractivity contribution is 1.08. The van der Waals surface area contributed by atoms with Gasteiger partial charge in [-0.05, 0) is 59.7 Å². The van der Waals surface area contributed by atoms with E-state index in [9.17, 15) is 0 Å². The van der Waals surface area contributed by atoms with Crippen LogP contribution in [0.3, 0.4) is 0 Å². The summed E-state index contributed by atoms with van der Waals surface area (Å²) in [5.74, 6) is -0.609. The Hall–Kier alpha value is -6.99. The molecule has 8 aromatic carbocycles. The Balaban J connectivity index is 1.12. The van der Waals surface area contributed by atoms with Crippen LogP contribution >= 0.6 is 22.7 Å². The molecule has 0 saturated heterocycles. The molecule has 268 valence electrons. The second-order valence-electron chi connectivity index (χ2n) is 13.3. The fourth-order valence-corrected chi connectivity index (χ4v) is 9.64. The Morgan fingerprint density at radius 2 is 0.930 bits per heavy atom. The average Bonchev–Trinajstić information content (AvgIpc) is 3.92. The maximum atomic E-state index is 8.78. The van der Waals surface area contributed by atoms with E-state index in [4.69, 9.17) is 23.7 Å². The highest BCUT2D eigenvalue weighted by Gasteiger charge is 2.20. The highest BCUT2D eigenvalue weighted by Crippen LogP contribution is 2.45. The third-order valence-corrected chi connectivity index (χ3v) is 12.1. The highest BCUT2D eigenvalue weighted by atomic mass is 32.1. The van der Waals surface area contributed by atoms with Crippen LogP contribution < -0.4 is 4.90 Å². The van der Waals surface area contributed by atoms with Gasteiger partial charge < -0.3 is 4.90 Å². The summed E-state index contributed by atoms with van der Waals surface area (Å²) < 4.78 is 89.3. The Morgan fingerprint density at radius 3 is 1.67 bits per heavy atom. The third kappa shape index (κ3) is 6.03. The van der Waals surface area contributed by atoms with Gasteiger partial charge >= 0.3 is 0 Å². The zero-order chi connectivity index (χ0) is 46.4. The van der Waals surface area contributed by atoms with Gasteiger partial charge in [0.05, 0.1) is 13.7 Å². The molecule has 3 aromatic heterocycles. The number of anilines is 3. The molecule has 0 atom stereocenters. The maximum Gasteiger partial charge on any atom is 0.164 e. The van der Waals surface area contributed by atoms with E-state index in [1.807, 2.05) is 36.4 Å². The molecule has 11 aromatic rings. The van der Waals surface area contributed by atoms with Crippen molar-refractivity contribution >= 4 is 80.1 Å². The number of thiophene rings is 2. The number of hydrogen-bond acceptors (Lipinski definition) is 6. The molecule has 0 fully saturated rings. The van der Waals surface area contributed by atoms with E-state index in [1.165, 1.54) is 20.2 Å². The molecule has 57 heavy (non-hydrogen) atoms. The molecule has 0 amide bonds. The van der Waals surface area contributed by atoms with Crippen molar-refractivity contribution in [3.63, 3.8) is 0 Å². The topological polar surface area (TPSA) is 41.9 Å². The fraction of sp³-hybridized carbons (Fsp3) is 0. The minimum absolute atomic E-state index is 0.0176. The summed E-state index contributed by atoms with van der Waals surface area (Å²) in [5.41, 5.74) is 4.90. The second-order valence-corrected chi connectivity index (χ2v) is 15.5. The number of fused-ring (bicyclic) bond motifs is 6. The van der Waals surface area contributed by atoms with Crippen LogP contribution in [0.2, 0.25) is 0 Å². The molecule has 3 heterocycles. The van der Waals surface area contributed by atoms with Crippen molar-refractivity contribution in [2.24, 2.45) is 0 Å². The van der Waals surface area contributed by atoms with Gasteiger partial charge in [0.1, 0.15) is 0 Å². The number of hydrogen-bond donors (Lipinski definition) is 0. The van der Waals surface area contributed by atoms with Gasteiger partial charge in [-0.15, -0.1) is 22.7 Å². The van der Waals surface area contributed by atoms with Crippen molar-refractivity contribution in [2.75, 3.05) is 4.90 Å². The molecule has 0 aliphatic carbocycles. The lowest BCUT2D eigenvalue weighted by Crippen LogP contribution is -2.09. The zero-order valence-corrected chi connectivity index (χ0v) is 31.4. The van der Waals surface area contributed by atoms with Crippen LogP contribution in [-0.2, 0) is 0 Å². The zero-order valence-electron chi connectivity index (χ0n) is 39.8. The fourth-order valence-electron chi connectivity index (χ4n) is 7.34. The van der Waals surface area contributed by atoms with Crippen molar-refractivity contribution in [3.05, 3.63) is 194 Å². The molecule has 0 N–H and O–H groups in total. The normalized spacial score (nSPS) is 14.0. The average molecular weight is 775 g/mol. The molecule has 0 radical (unpaired) electrons. The van der Waals surface area contributed by atoms with Crippen molar-refractivity contribution in [1.29, 1.82) is 0 Å². The molecular weight excluding hydrogens is 733 g/mol. The summed E-state index contributed by atoms with van der Waals surface area (Å²) in [6.07, 6.45) is 0. The number of nitrogens with zero attached hydrogens (tertiary/aromatic N) is 4. The van der Waals surface area contributed by atoms with Gasteiger partial charge in [0.25, 0.3) is 0 Å². The van der Waals surface area contributed by atoms with Crippen LogP contribution in [0, 0.1) is 0 Å². The first-order valence-corrected chi connectivity index (χ1v) is 19.7. The molecule has 0 saturated carbocycles. The van der Waals surface area contributed by atoms with Gasteiger partial charge in [-0.2, -0.15) is 0 Å². The van der Waals surface area contributed by atoms with E-state index >= 15 is 0 Å². The van der Waals surface area contributed by atoms with E-state index in [-0.39, 0.29) is 28.6 Å². The predicted octanol–water partition coefficient (Wildman–Crippen LogP) is 14.7. The summed E-state index contributed by atoms with van der Waals surface area (Å²) >= 11 is 3.32. The van der Waals surface area contributed by atoms with Crippen molar-refractivity contribution < 1.29 is 13.7 Å². The Bertz CT molecular complexity index is 3710. The van der Waals surface area contributed by atoms with Gasteiger partial charge in [0, 0.05) is 74.1 Å². The van der Waals surface area contributed by atoms with E-state index < -0.39 is 60.4 Å². The van der Waals surface area contributed by atoms with Gasteiger partial charge in [0.2, 0.25) is 0 Å². The van der Waals surface area contributed by atoms with Crippen LogP contribution in [0.15, 0.2) is 194 Å². The summed E-state index contributed by atoms with van der Waals surface area (Å²) in [7, 11) is 0. The van der Waals surface area contributed by atoms with E-state index in [0.717, 1.165) is 48.4 Å². The number of aromatic nitrogens is 3. The molecule has 6 heteroatoms. The molecular formula is C51H32N4S2. The summed E-state index contributed by atoms with van der Waals surface area (Å²) in [4.78, 5) is 16.2. The third-order valence-electron chi connectivity index (χ3n) is 9.89. The van der Waals surface area contributed by atoms with Crippen LogP contribution in [-0.4, -0.2) is 15.0 Å². The van der Waals surface area contributed by atoms with Gasteiger partial charge in [-0.25, -0.2) is 15.0 Å². The molecule has 11 rings (SSSR count). The first-order valence-electron chi connectivity index (χ1n) is 23.1.